The SMILES string of the molecule is COC(=O)/C(=C\c1ccccc1)CNc1ccc(Cl)cc1. The fourth-order valence-corrected chi connectivity index (χ4v) is 1.95. The van der Waals surface area contributed by atoms with Crippen LogP contribution in [0, 0.1) is 0 Å². The summed E-state index contributed by atoms with van der Waals surface area (Å²) in [5.74, 6) is -0.347. The van der Waals surface area contributed by atoms with Crippen LogP contribution in [-0.4, -0.2) is 19.6 Å². The Bertz CT molecular complexity index is 621. The van der Waals surface area contributed by atoms with Crippen LogP contribution in [0.15, 0.2) is 60.2 Å². The van der Waals surface area contributed by atoms with E-state index in [-0.39, 0.29) is 5.97 Å². The van der Waals surface area contributed by atoms with E-state index in [9.17, 15) is 4.79 Å². The normalized spacial score (nSPS) is 11.0. The smallest absolute Gasteiger partial charge is 0.335 e. The molecule has 2 rings (SSSR count). The molecule has 21 heavy (non-hydrogen) atoms. The van der Waals surface area contributed by atoms with E-state index in [4.69, 9.17) is 16.3 Å². The minimum atomic E-state index is -0.347. The monoisotopic (exact) mass is 301 g/mol. The van der Waals surface area contributed by atoms with Crippen LogP contribution >= 0.6 is 11.6 Å². The first kappa shape index (κ1) is 15.1. The van der Waals surface area contributed by atoms with Gasteiger partial charge in [-0.3, -0.25) is 0 Å². The van der Waals surface area contributed by atoms with Crippen LogP contribution in [0.4, 0.5) is 5.69 Å². The van der Waals surface area contributed by atoms with Crippen LogP contribution in [0.1, 0.15) is 5.56 Å². The molecule has 0 unspecified atom stereocenters. The number of halogens is 1. The first-order valence-electron chi connectivity index (χ1n) is 6.52. The molecule has 1 N–H and O–H groups in total. The molecule has 0 aliphatic carbocycles. The van der Waals surface area contributed by atoms with Gasteiger partial charge in [0.1, 0.15) is 0 Å². The van der Waals surface area contributed by atoms with Crippen molar-refractivity contribution in [3.8, 4) is 0 Å². The molecule has 0 fully saturated rings. The highest BCUT2D eigenvalue weighted by molar-refractivity contribution is 6.30. The third kappa shape index (κ3) is 4.65. The van der Waals surface area contributed by atoms with Crippen molar-refractivity contribution in [3.05, 3.63) is 70.8 Å². The molecule has 0 spiro atoms. The average molecular weight is 302 g/mol. The van der Waals surface area contributed by atoms with Crippen molar-refractivity contribution in [3.63, 3.8) is 0 Å². The van der Waals surface area contributed by atoms with Crippen LogP contribution in [0.3, 0.4) is 0 Å². The summed E-state index contributed by atoms with van der Waals surface area (Å²) in [6.45, 7) is 0.378. The van der Waals surface area contributed by atoms with E-state index < -0.39 is 0 Å². The van der Waals surface area contributed by atoms with Crippen molar-refractivity contribution in [2.45, 2.75) is 0 Å². The molecule has 2 aromatic carbocycles. The Morgan fingerprint density at radius 2 is 1.81 bits per heavy atom. The third-order valence-corrected chi connectivity index (χ3v) is 3.17. The lowest BCUT2D eigenvalue weighted by Gasteiger charge is -2.09. The number of nitrogens with one attached hydrogen (secondary N) is 1. The van der Waals surface area contributed by atoms with Gasteiger partial charge in [-0.15, -0.1) is 0 Å². The van der Waals surface area contributed by atoms with Gasteiger partial charge in [0.25, 0.3) is 0 Å². The molecule has 0 aliphatic heterocycles. The first-order chi connectivity index (χ1) is 10.2. The molecular weight excluding hydrogens is 286 g/mol. The lowest BCUT2D eigenvalue weighted by Crippen LogP contribution is -2.14. The van der Waals surface area contributed by atoms with E-state index in [2.05, 4.69) is 5.32 Å². The molecule has 0 bridgehead atoms. The maximum atomic E-state index is 11.8. The van der Waals surface area contributed by atoms with E-state index in [1.54, 1.807) is 12.1 Å². The maximum absolute atomic E-state index is 11.8. The number of benzene rings is 2. The zero-order valence-corrected chi connectivity index (χ0v) is 12.4. The maximum Gasteiger partial charge on any atom is 0.335 e. The molecule has 2 aromatic rings. The topological polar surface area (TPSA) is 38.3 Å². The van der Waals surface area contributed by atoms with Crippen molar-refractivity contribution in [1.82, 2.24) is 0 Å². The second kappa shape index (κ2) is 7.50. The van der Waals surface area contributed by atoms with Crippen molar-refractivity contribution >= 4 is 29.3 Å². The number of hydrogen-bond donors (Lipinski definition) is 1. The number of carbonyl (C=O) groups is 1. The second-order valence-electron chi connectivity index (χ2n) is 4.43. The molecule has 0 amide bonds. The average Bonchev–Trinajstić information content (AvgIpc) is 2.53. The summed E-state index contributed by atoms with van der Waals surface area (Å²) in [5.41, 5.74) is 2.40. The number of rotatable bonds is 5. The van der Waals surface area contributed by atoms with Gasteiger partial charge in [-0.05, 0) is 35.9 Å². The molecule has 0 aromatic heterocycles. The Morgan fingerprint density at radius 3 is 2.43 bits per heavy atom. The quantitative estimate of drug-likeness (QED) is 0.670. The molecule has 0 heterocycles. The van der Waals surface area contributed by atoms with Gasteiger partial charge >= 0.3 is 5.97 Å². The first-order valence-corrected chi connectivity index (χ1v) is 6.90. The standard InChI is InChI=1S/C17H16ClNO2/c1-21-17(20)14(11-13-5-3-2-4-6-13)12-19-16-9-7-15(18)8-10-16/h2-11,19H,12H2,1H3/b14-11-. The fourth-order valence-electron chi connectivity index (χ4n) is 1.83. The van der Waals surface area contributed by atoms with Gasteiger partial charge in [-0.25, -0.2) is 4.79 Å². The Kier molecular flexibility index (Phi) is 5.41. The van der Waals surface area contributed by atoms with Crippen molar-refractivity contribution in [2.24, 2.45) is 0 Å². The highest BCUT2D eigenvalue weighted by Crippen LogP contribution is 2.15. The van der Waals surface area contributed by atoms with Crippen LogP contribution in [0.25, 0.3) is 6.08 Å². The number of esters is 1. The zero-order valence-electron chi connectivity index (χ0n) is 11.7. The lowest BCUT2D eigenvalue weighted by atomic mass is 10.1. The minimum Gasteiger partial charge on any atom is -0.466 e. The zero-order chi connectivity index (χ0) is 15.1. The van der Waals surface area contributed by atoms with Gasteiger partial charge in [0.05, 0.1) is 12.7 Å². The van der Waals surface area contributed by atoms with Crippen LogP contribution < -0.4 is 5.32 Å². The summed E-state index contributed by atoms with van der Waals surface area (Å²) in [6.07, 6.45) is 1.81. The summed E-state index contributed by atoms with van der Waals surface area (Å²) in [5, 5.41) is 3.85. The van der Waals surface area contributed by atoms with Crippen LogP contribution in [0.2, 0.25) is 5.02 Å². The predicted octanol–water partition coefficient (Wildman–Crippen LogP) is 4.01. The van der Waals surface area contributed by atoms with Crippen LogP contribution in [-0.2, 0) is 9.53 Å². The lowest BCUT2D eigenvalue weighted by molar-refractivity contribution is -0.135. The number of carbonyl (C=O) groups excluding carboxylic acids is 1. The molecule has 0 aliphatic rings. The number of methoxy groups -OCH3 is 1. The molecule has 0 saturated heterocycles. The highest BCUT2D eigenvalue weighted by Gasteiger charge is 2.09. The predicted molar refractivity (Wildman–Crippen MR) is 86.4 cm³/mol. The molecular formula is C17H16ClNO2. The highest BCUT2D eigenvalue weighted by atomic mass is 35.5. The Balaban J connectivity index is 2.12. The molecule has 3 nitrogen and oxygen atoms in total. The van der Waals surface area contributed by atoms with E-state index >= 15 is 0 Å². The van der Waals surface area contributed by atoms with E-state index in [0.29, 0.717) is 17.1 Å². The van der Waals surface area contributed by atoms with Crippen molar-refractivity contribution < 1.29 is 9.53 Å². The van der Waals surface area contributed by atoms with Gasteiger partial charge in [-0.2, -0.15) is 0 Å². The summed E-state index contributed by atoms with van der Waals surface area (Å²) < 4.78 is 4.82. The minimum absolute atomic E-state index is 0.347. The van der Waals surface area contributed by atoms with Crippen LogP contribution in [0.5, 0.6) is 0 Å². The second-order valence-corrected chi connectivity index (χ2v) is 4.87. The molecule has 4 heteroatoms. The molecule has 0 atom stereocenters. The summed E-state index contributed by atoms with van der Waals surface area (Å²) in [7, 11) is 1.38. The van der Waals surface area contributed by atoms with E-state index in [0.717, 1.165) is 11.3 Å². The van der Waals surface area contributed by atoms with Crippen molar-refractivity contribution in [2.75, 3.05) is 19.0 Å². The number of ether oxygens (including phenoxy) is 1. The Morgan fingerprint density at radius 1 is 1.14 bits per heavy atom. The summed E-state index contributed by atoms with van der Waals surface area (Å²) in [4.78, 5) is 11.8. The Labute approximate surface area is 129 Å². The van der Waals surface area contributed by atoms with Crippen molar-refractivity contribution in [1.29, 1.82) is 0 Å². The number of hydrogen-bond acceptors (Lipinski definition) is 3. The number of anilines is 1. The fraction of sp³-hybridized carbons (Fsp3) is 0.118. The summed E-state index contributed by atoms with van der Waals surface area (Å²) >= 11 is 5.84. The molecule has 0 saturated carbocycles. The summed E-state index contributed by atoms with van der Waals surface area (Å²) in [6, 6.07) is 17.0. The van der Waals surface area contributed by atoms with Gasteiger partial charge in [0.15, 0.2) is 0 Å². The molecule has 108 valence electrons. The van der Waals surface area contributed by atoms with Gasteiger partial charge < -0.3 is 10.1 Å². The van der Waals surface area contributed by atoms with E-state index in [1.807, 2.05) is 48.5 Å². The van der Waals surface area contributed by atoms with Gasteiger partial charge in [-0.1, -0.05) is 41.9 Å². The van der Waals surface area contributed by atoms with Gasteiger partial charge in [0, 0.05) is 17.3 Å². The van der Waals surface area contributed by atoms with Gasteiger partial charge in [0.2, 0.25) is 0 Å². The van der Waals surface area contributed by atoms with E-state index in [1.165, 1.54) is 7.11 Å². The third-order valence-electron chi connectivity index (χ3n) is 2.92. The molecule has 0 radical (unpaired) electrons. The Hall–Kier alpha value is -2.26. The largest absolute Gasteiger partial charge is 0.466 e.